The summed E-state index contributed by atoms with van der Waals surface area (Å²) in [5.74, 6) is 1.35. The van der Waals surface area contributed by atoms with Crippen LogP contribution in [0.1, 0.15) is 42.9 Å². The van der Waals surface area contributed by atoms with Gasteiger partial charge in [0, 0.05) is 12.0 Å². The number of nitrogens with one attached hydrogen (secondary N) is 2. The zero-order valence-corrected chi connectivity index (χ0v) is 18.8. The molecular weight excluding hydrogens is 396 g/mol. The minimum absolute atomic E-state index is 0. The zero-order valence-electron chi connectivity index (χ0n) is 17.9. The van der Waals surface area contributed by atoms with Gasteiger partial charge in [0.05, 0.1) is 0 Å². The topological polar surface area (TPSA) is 50.4 Å². The third-order valence-electron chi connectivity index (χ3n) is 6.49. The number of ether oxygens (including phenoxy) is 1. The number of carbonyl (C=O) groups excluding carboxylic acids is 1. The maximum absolute atomic E-state index is 12.6. The lowest BCUT2D eigenvalue weighted by Gasteiger charge is -2.23. The fraction of sp³-hybridized carbons (Fsp3) is 0.480. The van der Waals surface area contributed by atoms with Crippen molar-refractivity contribution in [3.63, 3.8) is 0 Å². The van der Waals surface area contributed by atoms with E-state index in [0.717, 1.165) is 44.5 Å². The van der Waals surface area contributed by atoms with E-state index in [1.165, 1.54) is 16.7 Å². The van der Waals surface area contributed by atoms with Crippen molar-refractivity contribution in [3.05, 3.63) is 65.2 Å². The third-order valence-corrected chi connectivity index (χ3v) is 6.49. The lowest BCUT2D eigenvalue weighted by molar-refractivity contribution is -0.123. The highest BCUT2D eigenvalue weighted by atomic mass is 35.5. The van der Waals surface area contributed by atoms with Gasteiger partial charge in [-0.25, -0.2) is 0 Å². The molecule has 0 radical (unpaired) electrons. The van der Waals surface area contributed by atoms with Crippen LogP contribution in [0.3, 0.4) is 0 Å². The fourth-order valence-corrected chi connectivity index (χ4v) is 4.52. The first-order chi connectivity index (χ1) is 14.0. The summed E-state index contributed by atoms with van der Waals surface area (Å²) in [4.78, 5) is 12.6. The van der Waals surface area contributed by atoms with Gasteiger partial charge in [0.15, 0.2) is 0 Å². The van der Waals surface area contributed by atoms with Gasteiger partial charge in [-0.15, -0.1) is 12.4 Å². The molecule has 0 aromatic heterocycles. The summed E-state index contributed by atoms with van der Waals surface area (Å²) < 4.78 is 5.89. The van der Waals surface area contributed by atoms with Crippen LogP contribution in [0.2, 0.25) is 0 Å². The Balaban J connectivity index is 0.00000256. The van der Waals surface area contributed by atoms with Gasteiger partial charge in [-0.2, -0.15) is 0 Å². The first-order valence-corrected chi connectivity index (χ1v) is 10.8. The van der Waals surface area contributed by atoms with E-state index in [1.54, 1.807) is 0 Å². The average molecular weight is 429 g/mol. The molecule has 5 heteroatoms. The maximum Gasteiger partial charge on any atom is 0.223 e. The number of hydrogen-bond acceptors (Lipinski definition) is 3. The first-order valence-electron chi connectivity index (χ1n) is 10.8. The molecule has 1 spiro atoms. The molecule has 2 aliphatic rings. The van der Waals surface area contributed by atoms with Crippen molar-refractivity contribution in [2.45, 2.75) is 52.2 Å². The highest BCUT2D eigenvalue weighted by Crippen LogP contribution is 2.58. The predicted molar refractivity (Wildman–Crippen MR) is 123 cm³/mol. The molecule has 162 valence electrons. The quantitative estimate of drug-likeness (QED) is 0.685. The number of piperidine rings is 1. The van der Waals surface area contributed by atoms with Crippen molar-refractivity contribution in [1.82, 2.24) is 10.6 Å². The van der Waals surface area contributed by atoms with Gasteiger partial charge in [-0.3, -0.25) is 4.79 Å². The molecule has 1 aliphatic heterocycles. The average Bonchev–Trinajstić information content (AvgIpc) is 3.42. The van der Waals surface area contributed by atoms with E-state index < -0.39 is 0 Å². The van der Waals surface area contributed by atoms with E-state index in [4.69, 9.17) is 4.74 Å². The van der Waals surface area contributed by atoms with Gasteiger partial charge in [-0.05, 0) is 81.3 Å². The summed E-state index contributed by atoms with van der Waals surface area (Å²) in [5, 5.41) is 6.63. The molecule has 4 rings (SSSR count). The lowest BCUT2D eigenvalue weighted by atomic mass is 9.91. The number of aryl methyl sites for hydroxylation is 1. The molecule has 30 heavy (non-hydrogen) atoms. The SMILES string of the molecule is Cc1ccc(COc2ccc(CC(C)NC(=O)C3CC34CCNCC4)cc2)cc1.Cl. The Kier molecular flexibility index (Phi) is 7.43. The van der Waals surface area contributed by atoms with E-state index >= 15 is 0 Å². The Morgan fingerprint density at radius 3 is 2.40 bits per heavy atom. The number of amides is 1. The monoisotopic (exact) mass is 428 g/mol. The summed E-state index contributed by atoms with van der Waals surface area (Å²) in [6.07, 6.45) is 4.19. The van der Waals surface area contributed by atoms with E-state index in [9.17, 15) is 4.79 Å². The lowest BCUT2D eigenvalue weighted by Crippen LogP contribution is -2.38. The van der Waals surface area contributed by atoms with Gasteiger partial charge in [0.25, 0.3) is 0 Å². The summed E-state index contributed by atoms with van der Waals surface area (Å²) in [7, 11) is 0. The van der Waals surface area contributed by atoms with Crippen molar-refractivity contribution in [2.75, 3.05) is 13.1 Å². The van der Waals surface area contributed by atoms with Gasteiger partial charge in [-0.1, -0.05) is 42.0 Å². The maximum atomic E-state index is 12.6. The normalized spacial score (nSPS) is 20.1. The smallest absolute Gasteiger partial charge is 0.223 e. The zero-order chi connectivity index (χ0) is 20.3. The van der Waals surface area contributed by atoms with Gasteiger partial charge in [0.2, 0.25) is 5.91 Å². The summed E-state index contributed by atoms with van der Waals surface area (Å²) in [5.41, 5.74) is 3.94. The molecule has 2 aromatic carbocycles. The Morgan fingerprint density at radius 1 is 1.10 bits per heavy atom. The van der Waals surface area contributed by atoms with E-state index in [0.29, 0.717) is 12.0 Å². The second kappa shape index (κ2) is 9.84. The van der Waals surface area contributed by atoms with E-state index in [-0.39, 0.29) is 30.3 Å². The summed E-state index contributed by atoms with van der Waals surface area (Å²) >= 11 is 0. The second-order valence-corrected chi connectivity index (χ2v) is 8.90. The van der Waals surface area contributed by atoms with Crippen molar-refractivity contribution in [2.24, 2.45) is 11.3 Å². The van der Waals surface area contributed by atoms with Crippen LogP contribution in [0.4, 0.5) is 0 Å². The Labute approximate surface area is 186 Å². The molecule has 2 fully saturated rings. The van der Waals surface area contributed by atoms with E-state index in [2.05, 4.69) is 60.9 Å². The van der Waals surface area contributed by atoms with Crippen LogP contribution in [0.5, 0.6) is 5.75 Å². The van der Waals surface area contributed by atoms with Crippen LogP contribution < -0.4 is 15.4 Å². The molecule has 1 saturated carbocycles. The van der Waals surface area contributed by atoms with Crippen molar-refractivity contribution in [1.29, 1.82) is 0 Å². The summed E-state index contributed by atoms with van der Waals surface area (Å²) in [6, 6.07) is 16.8. The highest BCUT2D eigenvalue weighted by molar-refractivity contribution is 5.85. The van der Waals surface area contributed by atoms with Gasteiger partial charge in [0.1, 0.15) is 12.4 Å². The Hall–Kier alpha value is -2.04. The number of benzene rings is 2. The molecule has 1 heterocycles. The molecule has 2 N–H and O–H groups in total. The van der Waals surface area contributed by atoms with Crippen LogP contribution in [-0.2, 0) is 17.8 Å². The molecule has 0 bridgehead atoms. The fourth-order valence-electron chi connectivity index (χ4n) is 4.52. The largest absolute Gasteiger partial charge is 0.489 e. The minimum Gasteiger partial charge on any atom is -0.489 e. The molecule has 2 aromatic rings. The number of carbonyl (C=O) groups is 1. The van der Waals surface area contributed by atoms with E-state index in [1.807, 2.05) is 12.1 Å². The minimum atomic E-state index is 0. The third kappa shape index (κ3) is 5.55. The highest BCUT2D eigenvalue weighted by Gasteiger charge is 2.57. The predicted octanol–water partition coefficient (Wildman–Crippen LogP) is 4.43. The van der Waals surface area contributed by atoms with Crippen LogP contribution >= 0.6 is 12.4 Å². The van der Waals surface area contributed by atoms with Gasteiger partial charge >= 0.3 is 0 Å². The molecule has 1 saturated heterocycles. The molecular formula is C25H33ClN2O2. The number of hydrogen-bond donors (Lipinski definition) is 2. The second-order valence-electron chi connectivity index (χ2n) is 8.90. The molecule has 4 nitrogen and oxygen atoms in total. The molecule has 1 amide bonds. The van der Waals surface area contributed by atoms with Crippen LogP contribution in [0, 0.1) is 18.3 Å². The molecule has 1 aliphatic carbocycles. The van der Waals surface area contributed by atoms with Crippen molar-refractivity contribution < 1.29 is 9.53 Å². The first kappa shape index (κ1) is 22.6. The van der Waals surface area contributed by atoms with Crippen LogP contribution in [-0.4, -0.2) is 25.0 Å². The summed E-state index contributed by atoms with van der Waals surface area (Å²) in [6.45, 7) is 6.86. The molecule has 2 unspecified atom stereocenters. The standard InChI is InChI=1S/C25H32N2O2.ClH/c1-18-3-5-21(6-4-18)17-29-22-9-7-20(8-10-22)15-19(2)27-24(28)23-16-25(23)11-13-26-14-12-25;/h3-10,19,23,26H,11-17H2,1-2H3,(H,27,28);1H. The number of halogens is 1. The van der Waals surface area contributed by atoms with Crippen LogP contribution in [0.15, 0.2) is 48.5 Å². The van der Waals surface area contributed by atoms with Gasteiger partial charge < -0.3 is 15.4 Å². The Morgan fingerprint density at radius 2 is 1.73 bits per heavy atom. The number of rotatable bonds is 7. The molecule has 2 atom stereocenters. The van der Waals surface area contributed by atoms with Crippen molar-refractivity contribution >= 4 is 18.3 Å². The van der Waals surface area contributed by atoms with Crippen molar-refractivity contribution in [3.8, 4) is 5.75 Å². The Bertz CT molecular complexity index is 829. The van der Waals surface area contributed by atoms with Crippen LogP contribution in [0.25, 0.3) is 0 Å².